The zero-order valence-corrected chi connectivity index (χ0v) is 22.7. The van der Waals surface area contributed by atoms with Gasteiger partial charge in [-0.1, -0.05) is 46.6 Å². The average Bonchev–Trinajstić information content (AvgIpc) is 2.83. The fourth-order valence-corrected chi connectivity index (χ4v) is 3.62. The number of anilines is 2. The van der Waals surface area contributed by atoms with Crippen LogP contribution in [0.5, 0.6) is 17.2 Å². The fourth-order valence-electron chi connectivity index (χ4n) is 3.62. The number of benzene rings is 2. The van der Waals surface area contributed by atoms with Gasteiger partial charge in [-0.2, -0.15) is 5.11 Å². The molecule has 1 unspecified atom stereocenters. The monoisotopic (exact) mass is 496 g/mol. The summed E-state index contributed by atoms with van der Waals surface area (Å²) in [5.41, 5.74) is 10.1. The molecule has 0 aliphatic carbocycles. The Balaban J connectivity index is 2.39. The van der Waals surface area contributed by atoms with E-state index in [4.69, 9.17) is 19.7 Å². The van der Waals surface area contributed by atoms with Gasteiger partial charge in [0.1, 0.15) is 17.2 Å². The summed E-state index contributed by atoms with van der Waals surface area (Å²) >= 11 is 0. The van der Waals surface area contributed by atoms with E-state index < -0.39 is 5.91 Å². The molecule has 2 rings (SSSR count). The SMILES string of the molecule is CCCCC(C)Oc1ccc(C(C)(C)C)cc1NC(=O)/C(N=N)=C(\C)Nc1cc(OC)ccc1OC. The largest absolute Gasteiger partial charge is 0.497 e. The van der Waals surface area contributed by atoms with Gasteiger partial charge >= 0.3 is 0 Å². The first kappa shape index (κ1) is 28.7. The number of unbranched alkanes of at least 4 members (excludes halogenated alkanes) is 1. The van der Waals surface area contributed by atoms with E-state index in [9.17, 15) is 4.79 Å². The van der Waals surface area contributed by atoms with Crippen LogP contribution in [0.4, 0.5) is 11.4 Å². The van der Waals surface area contributed by atoms with Crippen molar-refractivity contribution in [3.8, 4) is 17.2 Å². The third kappa shape index (κ3) is 7.73. The number of hydrogen-bond acceptors (Lipinski definition) is 7. The molecule has 1 amide bonds. The topological polar surface area (TPSA) is 105 Å². The summed E-state index contributed by atoms with van der Waals surface area (Å²) in [5.74, 6) is 1.26. The van der Waals surface area contributed by atoms with Gasteiger partial charge in [-0.05, 0) is 55.5 Å². The minimum Gasteiger partial charge on any atom is -0.497 e. The maximum atomic E-state index is 13.3. The highest BCUT2D eigenvalue weighted by molar-refractivity contribution is 6.05. The van der Waals surface area contributed by atoms with Crippen molar-refractivity contribution in [1.29, 1.82) is 5.53 Å². The lowest BCUT2D eigenvalue weighted by molar-refractivity contribution is -0.113. The molecule has 2 aromatic carbocycles. The van der Waals surface area contributed by atoms with Crippen molar-refractivity contribution in [2.75, 3.05) is 24.9 Å². The highest BCUT2D eigenvalue weighted by Gasteiger charge is 2.21. The number of methoxy groups -OCH3 is 2. The molecule has 36 heavy (non-hydrogen) atoms. The minimum atomic E-state index is -0.519. The molecule has 0 aromatic heterocycles. The fraction of sp³-hybridized carbons (Fsp3) is 0.464. The summed E-state index contributed by atoms with van der Waals surface area (Å²) in [5, 5.41) is 9.57. The molecule has 3 N–H and O–H groups in total. The number of hydrogen-bond donors (Lipinski definition) is 3. The number of allylic oxidation sites excluding steroid dienone is 1. The Morgan fingerprint density at radius 3 is 2.28 bits per heavy atom. The second-order valence-electron chi connectivity index (χ2n) is 9.76. The Labute approximate surface area is 214 Å². The Morgan fingerprint density at radius 2 is 1.69 bits per heavy atom. The Morgan fingerprint density at radius 1 is 1.03 bits per heavy atom. The lowest BCUT2D eigenvalue weighted by Gasteiger charge is -2.23. The molecule has 8 nitrogen and oxygen atoms in total. The molecule has 0 aliphatic rings. The van der Waals surface area contributed by atoms with E-state index in [2.05, 4.69) is 43.4 Å². The van der Waals surface area contributed by atoms with Crippen LogP contribution in [0.3, 0.4) is 0 Å². The van der Waals surface area contributed by atoms with Crippen molar-refractivity contribution in [3.63, 3.8) is 0 Å². The Hall–Kier alpha value is -3.55. The van der Waals surface area contributed by atoms with E-state index in [0.29, 0.717) is 34.3 Å². The molecule has 0 radical (unpaired) electrons. The van der Waals surface area contributed by atoms with Crippen LogP contribution in [0.25, 0.3) is 0 Å². The summed E-state index contributed by atoms with van der Waals surface area (Å²) in [6.07, 6.45) is 3.07. The minimum absolute atomic E-state index is 0.000826. The molecule has 0 saturated carbocycles. The van der Waals surface area contributed by atoms with Crippen molar-refractivity contribution in [1.82, 2.24) is 0 Å². The molecule has 0 spiro atoms. The second kappa shape index (κ2) is 13.0. The Kier molecular flexibility index (Phi) is 10.3. The molecule has 1 atom stereocenters. The van der Waals surface area contributed by atoms with E-state index in [1.54, 1.807) is 39.3 Å². The highest BCUT2D eigenvalue weighted by atomic mass is 16.5. The number of nitrogens with zero attached hydrogens (tertiary/aromatic N) is 1. The number of amides is 1. The quantitative estimate of drug-likeness (QED) is 0.212. The molecule has 0 saturated heterocycles. The standard InChI is InChI=1S/C28H40N4O4/c1-9-10-11-18(2)36-25-14-12-20(28(4,5)6)16-22(25)31-27(33)26(32-29)19(3)30-23-17-21(34-7)13-15-24(23)35-8/h12-18,29-30H,9-11H2,1-8H3,(H,31,33)/b26-19-,32-29?. The molecule has 2 aromatic rings. The van der Waals surface area contributed by atoms with Gasteiger partial charge in [0, 0.05) is 11.8 Å². The van der Waals surface area contributed by atoms with Gasteiger partial charge in [-0.25, -0.2) is 5.53 Å². The zero-order valence-electron chi connectivity index (χ0n) is 22.7. The van der Waals surface area contributed by atoms with Gasteiger partial charge in [-0.3, -0.25) is 4.79 Å². The predicted molar refractivity (Wildman–Crippen MR) is 144 cm³/mol. The zero-order chi connectivity index (χ0) is 26.9. The van der Waals surface area contributed by atoms with Crippen LogP contribution < -0.4 is 24.8 Å². The van der Waals surface area contributed by atoms with E-state index >= 15 is 0 Å². The summed E-state index contributed by atoms with van der Waals surface area (Å²) in [6, 6.07) is 11.1. The highest BCUT2D eigenvalue weighted by Crippen LogP contribution is 2.34. The number of ether oxygens (including phenoxy) is 3. The number of rotatable bonds is 12. The second-order valence-corrected chi connectivity index (χ2v) is 9.76. The van der Waals surface area contributed by atoms with Crippen molar-refractivity contribution in [2.45, 2.75) is 72.3 Å². The molecule has 0 heterocycles. The van der Waals surface area contributed by atoms with E-state index in [0.717, 1.165) is 24.8 Å². The number of carbonyl (C=O) groups excluding carboxylic acids is 1. The van der Waals surface area contributed by atoms with Gasteiger partial charge in [0.25, 0.3) is 5.91 Å². The smallest absolute Gasteiger partial charge is 0.278 e. The molecule has 196 valence electrons. The van der Waals surface area contributed by atoms with Gasteiger partial charge in [0.2, 0.25) is 0 Å². The van der Waals surface area contributed by atoms with E-state index in [-0.39, 0.29) is 17.2 Å². The van der Waals surface area contributed by atoms with Gasteiger partial charge in [0.15, 0.2) is 5.70 Å². The lowest BCUT2D eigenvalue weighted by atomic mass is 9.87. The molecule has 0 bridgehead atoms. The van der Waals surface area contributed by atoms with Crippen LogP contribution in [0.2, 0.25) is 0 Å². The van der Waals surface area contributed by atoms with Crippen molar-refractivity contribution < 1.29 is 19.0 Å². The van der Waals surface area contributed by atoms with Crippen LogP contribution in [-0.4, -0.2) is 26.2 Å². The third-order valence-corrected chi connectivity index (χ3v) is 5.80. The van der Waals surface area contributed by atoms with Gasteiger partial charge in [-0.15, -0.1) is 0 Å². The van der Waals surface area contributed by atoms with E-state index in [1.807, 2.05) is 25.1 Å². The molecule has 0 fully saturated rings. The van der Waals surface area contributed by atoms with Crippen LogP contribution in [-0.2, 0) is 10.2 Å². The summed E-state index contributed by atoms with van der Waals surface area (Å²) in [7, 11) is 3.13. The average molecular weight is 497 g/mol. The van der Waals surface area contributed by atoms with Gasteiger partial charge in [0.05, 0.1) is 31.7 Å². The maximum Gasteiger partial charge on any atom is 0.278 e. The maximum absolute atomic E-state index is 13.3. The first-order valence-electron chi connectivity index (χ1n) is 12.2. The summed E-state index contributed by atoms with van der Waals surface area (Å²) in [4.78, 5) is 13.3. The van der Waals surface area contributed by atoms with Crippen molar-refractivity contribution in [2.24, 2.45) is 5.11 Å². The normalized spacial score (nSPS) is 12.8. The summed E-state index contributed by atoms with van der Waals surface area (Å²) in [6.45, 7) is 12.2. The van der Waals surface area contributed by atoms with Gasteiger partial charge < -0.3 is 24.8 Å². The Bertz CT molecular complexity index is 1090. The predicted octanol–water partition coefficient (Wildman–Crippen LogP) is 7.27. The molecular weight excluding hydrogens is 456 g/mol. The van der Waals surface area contributed by atoms with Crippen molar-refractivity contribution in [3.05, 3.63) is 53.4 Å². The van der Waals surface area contributed by atoms with Crippen LogP contribution >= 0.6 is 0 Å². The molecule has 0 aliphatic heterocycles. The third-order valence-electron chi connectivity index (χ3n) is 5.80. The van der Waals surface area contributed by atoms with Crippen molar-refractivity contribution >= 4 is 17.3 Å². The number of nitrogens with one attached hydrogen (secondary N) is 3. The van der Waals surface area contributed by atoms with Crippen LogP contribution in [0, 0.1) is 5.53 Å². The van der Waals surface area contributed by atoms with E-state index in [1.165, 1.54) is 0 Å². The van der Waals surface area contributed by atoms with Crippen LogP contribution in [0.15, 0.2) is 52.9 Å². The molecule has 8 heteroatoms. The van der Waals surface area contributed by atoms with Crippen LogP contribution in [0.1, 0.15) is 66.4 Å². The first-order valence-corrected chi connectivity index (χ1v) is 12.2. The number of carbonyl (C=O) groups is 1. The first-order chi connectivity index (χ1) is 17.0. The molecular formula is C28H40N4O4. The lowest BCUT2D eigenvalue weighted by Crippen LogP contribution is -2.20. The summed E-state index contributed by atoms with van der Waals surface area (Å²) < 4.78 is 16.9.